The zero-order valence-corrected chi connectivity index (χ0v) is 10.8. The van der Waals surface area contributed by atoms with Crippen LogP contribution in [0.1, 0.15) is 17.2 Å². The number of hydrogen-bond donors (Lipinski definition) is 2. The van der Waals surface area contributed by atoms with Crippen LogP contribution in [0.2, 0.25) is 5.15 Å². The Hall–Kier alpha value is -1.91. The lowest BCUT2D eigenvalue weighted by molar-refractivity contribution is -0.129. The van der Waals surface area contributed by atoms with Crippen LogP contribution < -0.4 is 5.32 Å². The third kappa shape index (κ3) is 3.77. The van der Waals surface area contributed by atoms with Crippen molar-refractivity contribution in [3.05, 3.63) is 64.9 Å². The lowest BCUT2D eigenvalue weighted by Gasteiger charge is -2.11. The molecule has 19 heavy (non-hydrogen) atoms. The minimum absolute atomic E-state index is 0.320. The molecule has 2 N–H and O–H groups in total. The summed E-state index contributed by atoms with van der Waals surface area (Å²) in [7, 11) is 0. The predicted molar refractivity (Wildman–Crippen MR) is 72.5 cm³/mol. The minimum atomic E-state index is -1.24. The van der Waals surface area contributed by atoms with Crippen molar-refractivity contribution < 1.29 is 9.90 Å². The molecule has 1 amide bonds. The highest BCUT2D eigenvalue weighted by Gasteiger charge is 2.17. The minimum Gasteiger partial charge on any atom is -0.378 e. The van der Waals surface area contributed by atoms with Gasteiger partial charge in [0, 0.05) is 18.3 Å². The van der Waals surface area contributed by atoms with E-state index >= 15 is 0 Å². The number of nitrogens with one attached hydrogen (secondary N) is 1. The molecule has 0 bridgehead atoms. The first-order valence-electron chi connectivity index (χ1n) is 5.78. The van der Waals surface area contributed by atoms with Gasteiger partial charge in [0.15, 0.2) is 6.10 Å². The molecule has 1 unspecified atom stereocenters. The van der Waals surface area contributed by atoms with E-state index in [1.165, 1.54) is 12.3 Å². The maximum Gasteiger partial charge on any atom is 0.253 e. The van der Waals surface area contributed by atoms with Crippen molar-refractivity contribution in [1.29, 1.82) is 0 Å². The van der Waals surface area contributed by atoms with Gasteiger partial charge in [0.25, 0.3) is 5.91 Å². The van der Waals surface area contributed by atoms with Crippen LogP contribution >= 0.6 is 11.6 Å². The Kier molecular flexibility index (Phi) is 4.49. The van der Waals surface area contributed by atoms with Crippen LogP contribution in [0.25, 0.3) is 0 Å². The van der Waals surface area contributed by atoms with Crippen molar-refractivity contribution in [2.75, 3.05) is 0 Å². The second-order valence-corrected chi connectivity index (χ2v) is 4.41. The number of nitrogens with zero attached hydrogens (tertiary/aromatic N) is 1. The van der Waals surface area contributed by atoms with E-state index in [9.17, 15) is 9.90 Å². The molecule has 0 radical (unpaired) electrons. The summed E-state index contributed by atoms with van der Waals surface area (Å²) in [6.07, 6.45) is 0.142. The molecule has 0 saturated carbocycles. The first-order valence-corrected chi connectivity index (χ1v) is 6.16. The number of aliphatic hydroxyl groups excluding tert-OH is 1. The smallest absolute Gasteiger partial charge is 0.253 e. The Morgan fingerprint density at radius 2 is 2.00 bits per heavy atom. The summed E-state index contributed by atoms with van der Waals surface area (Å²) >= 11 is 5.64. The molecule has 0 aliphatic heterocycles. The molecule has 2 aromatic rings. The van der Waals surface area contributed by atoms with Crippen LogP contribution in [-0.2, 0) is 11.3 Å². The summed E-state index contributed by atoms with van der Waals surface area (Å²) in [6, 6.07) is 12.6. The number of rotatable bonds is 4. The summed E-state index contributed by atoms with van der Waals surface area (Å²) in [4.78, 5) is 15.6. The zero-order chi connectivity index (χ0) is 13.7. The van der Waals surface area contributed by atoms with Crippen LogP contribution in [0.3, 0.4) is 0 Å². The van der Waals surface area contributed by atoms with Crippen molar-refractivity contribution in [3.8, 4) is 0 Å². The van der Waals surface area contributed by atoms with Gasteiger partial charge in [-0.05, 0) is 11.6 Å². The Balaban J connectivity index is 1.94. The lowest BCUT2D eigenvalue weighted by Crippen LogP contribution is -2.28. The van der Waals surface area contributed by atoms with Crippen LogP contribution in [-0.4, -0.2) is 16.0 Å². The maximum atomic E-state index is 11.8. The van der Waals surface area contributed by atoms with E-state index in [1.54, 1.807) is 6.07 Å². The molecule has 2 rings (SSSR count). The number of aromatic nitrogens is 1. The van der Waals surface area contributed by atoms with Crippen LogP contribution in [0.15, 0.2) is 48.7 Å². The third-order valence-corrected chi connectivity index (χ3v) is 2.85. The second-order valence-electron chi connectivity index (χ2n) is 4.02. The van der Waals surface area contributed by atoms with E-state index in [0.29, 0.717) is 17.3 Å². The molecule has 98 valence electrons. The molecule has 0 saturated heterocycles. The van der Waals surface area contributed by atoms with E-state index < -0.39 is 12.0 Å². The fourth-order valence-corrected chi connectivity index (χ4v) is 1.69. The molecule has 1 aromatic heterocycles. The van der Waals surface area contributed by atoms with Gasteiger partial charge in [-0.15, -0.1) is 0 Å². The van der Waals surface area contributed by atoms with Gasteiger partial charge in [-0.3, -0.25) is 4.79 Å². The van der Waals surface area contributed by atoms with E-state index in [4.69, 9.17) is 11.6 Å². The summed E-state index contributed by atoms with van der Waals surface area (Å²) in [5.41, 5.74) is 1.38. The fraction of sp³-hybridized carbons (Fsp3) is 0.143. The first kappa shape index (κ1) is 13.5. The SMILES string of the molecule is O=C(NCc1ccccc1)C(O)c1ccc(Cl)nc1. The molecule has 0 spiro atoms. The van der Waals surface area contributed by atoms with Gasteiger partial charge in [0.2, 0.25) is 0 Å². The Labute approximate surface area is 116 Å². The molecular formula is C14H13ClN2O2. The molecule has 1 heterocycles. The van der Waals surface area contributed by atoms with E-state index in [0.717, 1.165) is 5.56 Å². The number of amides is 1. The van der Waals surface area contributed by atoms with E-state index in [1.807, 2.05) is 30.3 Å². The van der Waals surface area contributed by atoms with Crippen LogP contribution in [0, 0.1) is 0 Å². The standard InChI is InChI=1S/C14H13ClN2O2/c15-12-7-6-11(9-16-12)13(18)14(19)17-8-10-4-2-1-3-5-10/h1-7,9,13,18H,8H2,(H,17,19). The zero-order valence-electron chi connectivity index (χ0n) is 10.1. The molecule has 0 aliphatic carbocycles. The summed E-state index contributed by atoms with van der Waals surface area (Å²) in [5.74, 6) is -0.465. The van der Waals surface area contributed by atoms with Gasteiger partial charge >= 0.3 is 0 Å². The normalized spacial score (nSPS) is 11.9. The van der Waals surface area contributed by atoms with Crippen molar-refractivity contribution >= 4 is 17.5 Å². The number of halogens is 1. The molecule has 0 fully saturated rings. The molecule has 5 heteroatoms. The van der Waals surface area contributed by atoms with Gasteiger partial charge in [0.1, 0.15) is 5.15 Å². The summed E-state index contributed by atoms with van der Waals surface area (Å²) in [5, 5.41) is 12.8. The van der Waals surface area contributed by atoms with Gasteiger partial charge in [0.05, 0.1) is 0 Å². The van der Waals surface area contributed by atoms with Crippen molar-refractivity contribution in [2.45, 2.75) is 12.6 Å². The van der Waals surface area contributed by atoms with Crippen LogP contribution in [0.5, 0.6) is 0 Å². The van der Waals surface area contributed by atoms with Crippen molar-refractivity contribution in [1.82, 2.24) is 10.3 Å². The first-order chi connectivity index (χ1) is 9.16. The highest BCUT2D eigenvalue weighted by atomic mass is 35.5. The summed E-state index contributed by atoms with van der Waals surface area (Å²) < 4.78 is 0. The van der Waals surface area contributed by atoms with Crippen LogP contribution in [0.4, 0.5) is 0 Å². The lowest BCUT2D eigenvalue weighted by atomic mass is 10.1. The van der Waals surface area contributed by atoms with Gasteiger partial charge in [-0.1, -0.05) is 48.0 Å². The molecule has 1 atom stereocenters. The second kappa shape index (κ2) is 6.31. The predicted octanol–water partition coefficient (Wildman–Crippen LogP) is 2.08. The van der Waals surface area contributed by atoms with Gasteiger partial charge in [-0.2, -0.15) is 0 Å². The topological polar surface area (TPSA) is 62.2 Å². The Bertz CT molecular complexity index is 543. The quantitative estimate of drug-likeness (QED) is 0.841. The van der Waals surface area contributed by atoms with Crippen molar-refractivity contribution in [3.63, 3.8) is 0 Å². The maximum absolute atomic E-state index is 11.8. The highest BCUT2D eigenvalue weighted by Crippen LogP contribution is 2.14. The monoisotopic (exact) mass is 276 g/mol. The number of hydrogen-bond acceptors (Lipinski definition) is 3. The van der Waals surface area contributed by atoms with Gasteiger partial charge < -0.3 is 10.4 Å². The fourth-order valence-electron chi connectivity index (χ4n) is 1.58. The Morgan fingerprint density at radius 1 is 1.26 bits per heavy atom. The number of aliphatic hydroxyl groups is 1. The molecule has 1 aromatic carbocycles. The molecule has 0 aliphatic rings. The number of carbonyl (C=O) groups is 1. The third-order valence-electron chi connectivity index (χ3n) is 2.62. The van der Waals surface area contributed by atoms with E-state index in [-0.39, 0.29) is 0 Å². The highest BCUT2D eigenvalue weighted by molar-refractivity contribution is 6.29. The largest absolute Gasteiger partial charge is 0.378 e. The van der Waals surface area contributed by atoms with Gasteiger partial charge in [-0.25, -0.2) is 4.98 Å². The molecular weight excluding hydrogens is 264 g/mol. The molecule has 4 nitrogen and oxygen atoms in total. The number of benzene rings is 1. The van der Waals surface area contributed by atoms with Crippen molar-refractivity contribution in [2.24, 2.45) is 0 Å². The average Bonchev–Trinajstić information content (AvgIpc) is 2.46. The average molecular weight is 277 g/mol. The number of pyridine rings is 1. The van der Waals surface area contributed by atoms with E-state index in [2.05, 4.69) is 10.3 Å². The Morgan fingerprint density at radius 3 is 2.63 bits per heavy atom. The number of carbonyl (C=O) groups excluding carboxylic acids is 1. The summed E-state index contributed by atoms with van der Waals surface area (Å²) in [6.45, 7) is 0.373.